The number of rotatable bonds is 4. The highest BCUT2D eigenvalue weighted by Gasteiger charge is 2.27. The van der Waals surface area contributed by atoms with Gasteiger partial charge in [-0.25, -0.2) is 4.98 Å². The fourth-order valence-corrected chi connectivity index (χ4v) is 3.93. The lowest BCUT2D eigenvalue weighted by atomic mass is 9.97. The number of para-hydroxylation sites is 2. The molecule has 1 aliphatic heterocycles. The molecular weight excluding hydrogens is 364 g/mol. The molecule has 5 nitrogen and oxygen atoms in total. The Labute approximate surface area is 168 Å². The molecule has 1 fully saturated rings. The minimum atomic E-state index is 0.0224. The van der Waals surface area contributed by atoms with E-state index < -0.39 is 0 Å². The second-order valence-corrected chi connectivity index (χ2v) is 7.47. The number of oxazole rings is 1. The van der Waals surface area contributed by atoms with Crippen molar-refractivity contribution in [2.75, 3.05) is 19.7 Å². The Balaban J connectivity index is 1.17. The number of benzene rings is 3. The number of piperidine rings is 1. The molecule has 1 saturated heterocycles. The number of fused-ring (bicyclic) bond motifs is 2. The SMILES string of the molecule is O=C(COc1ccc2ccccc2c1)N1CCC(c2nc3ccccc3o2)CC1. The van der Waals surface area contributed by atoms with E-state index in [4.69, 9.17) is 9.15 Å². The molecule has 5 heteroatoms. The molecule has 2 heterocycles. The first kappa shape index (κ1) is 17.7. The third-order valence-corrected chi connectivity index (χ3v) is 5.59. The van der Waals surface area contributed by atoms with E-state index in [1.165, 1.54) is 0 Å². The largest absolute Gasteiger partial charge is 0.484 e. The Hall–Kier alpha value is -3.34. The van der Waals surface area contributed by atoms with E-state index in [-0.39, 0.29) is 18.4 Å². The van der Waals surface area contributed by atoms with Crippen LogP contribution in [0.1, 0.15) is 24.7 Å². The van der Waals surface area contributed by atoms with Gasteiger partial charge >= 0.3 is 0 Å². The van der Waals surface area contributed by atoms with Gasteiger partial charge in [0.2, 0.25) is 0 Å². The van der Waals surface area contributed by atoms with Gasteiger partial charge in [0.15, 0.2) is 18.1 Å². The summed E-state index contributed by atoms with van der Waals surface area (Å²) >= 11 is 0. The zero-order valence-electron chi connectivity index (χ0n) is 16.1. The number of likely N-dealkylation sites (tertiary alicyclic amines) is 1. The first-order valence-corrected chi connectivity index (χ1v) is 10.0. The van der Waals surface area contributed by atoms with Crippen molar-refractivity contribution in [1.29, 1.82) is 0 Å². The molecule has 0 bridgehead atoms. The smallest absolute Gasteiger partial charge is 0.260 e. The van der Waals surface area contributed by atoms with Gasteiger partial charge in [0, 0.05) is 19.0 Å². The van der Waals surface area contributed by atoms with Crippen LogP contribution >= 0.6 is 0 Å². The van der Waals surface area contributed by atoms with Gasteiger partial charge < -0.3 is 14.1 Å². The van der Waals surface area contributed by atoms with Crippen LogP contribution < -0.4 is 4.74 Å². The third kappa shape index (κ3) is 3.68. The molecule has 4 aromatic rings. The molecule has 0 saturated carbocycles. The lowest BCUT2D eigenvalue weighted by molar-refractivity contribution is -0.134. The number of hydrogen-bond donors (Lipinski definition) is 0. The summed E-state index contributed by atoms with van der Waals surface area (Å²) in [5.41, 5.74) is 1.72. The van der Waals surface area contributed by atoms with Crippen LogP contribution in [0.3, 0.4) is 0 Å². The maximum atomic E-state index is 12.6. The Morgan fingerprint density at radius 2 is 1.76 bits per heavy atom. The van der Waals surface area contributed by atoms with Gasteiger partial charge in [-0.05, 0) is 47.9 Å². The van der Waals surface area contributed by atoms with Crippen molar-refractivity contribution in [3.8, 4) is 5.75 Å². The molecule has 1 aromatic heterocycles. The summed E-state index contributed by atoms with van der Waals surface area (Å²) in [4.78, 5) is 19.1. The lowest BCUT2D eigenvalue weighted by Crippen LogP contribution is -2.40. The number of ether oxygens (including phenoxy) is 1. The average molecular weight is 386 g/mol. The van der Waals surface area contributed by atoms with Crippen LogP contribution in [0.15, 0.2) is 71.1 Å². The molecule has 3 aromatic carbocycles. The van der Waals surface area contributed by atoms with Crippen molar-refractivity contribution in [1.82, 2.24) is 9.88 Å². The van der Waals surface area contributed by atoms with E-state index in [0.717, 1.165) is 46.4 Å². The fourth-order valence-electron chi connectivity index (χ4n) is 3.93. The Kier molecular flexibility index (Phi) is 4.64. The maximum Gasteiger partial charge on any atom is 0.260 e. The van der Waals surface area contributed by atoms with E-state index in [1.54, 1.807) is 0 Å². The number of nitrogens with zero attached hydrogens (tertiary/aromatic N) is 2. The first-order valence-electron chi connectivity index (χ1n) is 10.0. The van der Waals surface area contributed by atoms with Crippen molar-refractivity contribution in [3.63, 3.8) is 0 Å². The Morgan fingerprint density at radius 1 is 1.00 bits per heavy atom. The molecular formula is C24H22N2O3. The van der Waals surface area contributed by atoms with E-state index >= 15 is 0 Å². The van der Waals surface area contributed by atoms with Crippen molar-refractivity contribution < 1.29 is 13.9 Å². The summed E-state index contributed by atoms with van der Waals surface area (Å²) in [6.45, 7) is 1.46. The van der Waals surface area contributed by atoms with Crippen LogP contribution in [-0.2, 0) is 4.79 Å². The monoisotopic (exact) mass is 386 g/mol. The molecule has 146 valence electrons. The topological polar surface area (TPSA) is 55.6 Å². The number of amides is 1. The molecule has 1 aliphatic rings. The molecule has 5 rings (SSSR count). The second-order valence-electron chi connectivity index (χ2n) is 7.47. The van der Waals surface area contributed by atoms with Crippen LogP contribution in [-0.4, -0.2) is 35.5 Å². The van der Waals surface area contributed by atoms with Crippen LogP contribution in [0.5, 0.6) is 5.75 Å². The van der Waals surface area contributed by atoms with Crippen LogP contribution in [0.2, 0.25) is 0 Å². The highest BCUT2D eigenvalue weighted by atomic mass is 16.5. The minimum absolute atomic E-state index is 0.0224. The zero-order valence-corrected chi connectivity index (χ0v) is 16.1. The molecule has 0 atom stereocenters. The quantitative estimate of drug-likeness (QED) is 0.507. The molecule has 1 amide bonds. The standard InChI is InChI=1S/C24H22N2O3/c27-23(16-28-20-10-9-17-5-1-2-6-19(17)15-20)26-13-11-18(12-14-26)24-25-21-7-3-4-8-22(21)29-24/h1-10,15,18H,11-14,16H2. The van der Waals surface area contributed by atoms with Crippen LogP contribution in [0.4, 0.5) is 0 Å². The van der Waals surface area contributed by atoms with E-state index in [9.17, 15) is 4.79 Å². The number of aromatic nitrogens is 1. The van der Waals surface area contributed by atoms with Gasteiger partial charge in [-0.15, -0.1) is 0 Å². The molecule has 0 radical (unpaired) electrons. The highest BCUT2D eigenvalue weighted by Crippen LogP contribution is 2.30. The third-order valence-electron chi connectivity index (χ3n) is 5.59. The van der Waals surface area contributed by atoms with Gasteiger partial charge in [0.05, 0.1) is 0 Å². The van der Waals surface area contributed by atoms with Gasteiger partial charge in [-0.1, -0.05) is 42.5 Å². The second kappa shape index (κ2) is 7.59. The molecule has 0 aliphatic carbocycles. The van der Waals surface area contributed by atoms with E-state index in [1.807, 2.05) is 65.6 Å². The van der Waals surface area contributed by atoms with Crippen molar-refractivity contribution in [2.45, 2.75) is 18.8 Å². The predicted octanol–water partition coefficient (Wildman–Crippen LogP) is 4.77. The minimum Gasteiger partial charge on any atom is -0.484 e. The molecule has 0 spiro atoms. The van der Waals surface area contributed by atoms with Gasteiger partial charge in [0.1, 0.15) is 11.3 Å². The fraction of sp³-hybridized carbons (Fsp3) is 0.250. The number of carbonyl (C=O) groups is 1. The van der Waals surface area contributed by atoms with E-state index in [0.29, 0.717) is 13.1 Å². The predicted molar refractivity (Wildman–Crippen MR) is 112 cm³/mol. The summed E-state index contributed by atoms with van der Waals surface area (Å²) in [5.74, 6) is 1.78. The van der Waals surface area contributed by atoms with Crippen molar-refractivity contribution in [2.24, 2.45) is 0 Å². The summed E-state index contributed by atoms with van der Waals surface area (Å²) in [6.07, 6.45) is 1.71. The Morgan fingerprint density at radius 3 is 2.59 bits per heavy atom. The van der Waals surface area contributed by atoms with Crippen LogP contribution in [0, 0.1) is 0 Å². The highest BCUT2D eigenvalue weighted by molar-refractivity contribution is 5.84. The zero-order chi connectivity index (χ0) is 19.6. The summed E-state index contributed by atoms with van der Waals surface area (Å²) in [7, 11) is 0. The van der Waals surface area contributed by atoms with Crippen LogP contribution in [0.25, 0.3) is 21.9 Å². The molecule has 0 unspecified atom stereocenters. The number of hydrogen-bond acceptors (Lipinski definition) is 4. The first-order chi connectivity index (χ1) is 14.3. The maximum absolute atomic E-state index is 12.6. The van der Waals surface area contributed by atoms with Gasteiger partial charge in [-0.3, -0.25) is 4.79 Å². The summed E-state index contributed by atoms with van der Waals surface area (Å²) in [5, 5.41) is 2.27. The van der Waals surface area contributed by atoms with Gasteiger partial charge in [-0.2, -0.15) is 0 Å². The summed E-state index contributed by atoms with van der Waals surface area (Å²) < 4.78 is 11.7. The summed E-state index contributed by atoms with van der Waals surface area (Å²) in [6, 6.07) is 21.8. The Bertz CT molecular complexity index is 1130. The lowest BCUT2D eigenvalue weighted by Gasteiger charge is -2.30. The normalized spacial score (nSPS) is 15.1. The van der Waals surface area contributed by atoms with Crippen molar-refractivity contribution in [3.05, 3.63) is 72.6 Å². The van der Waals surface area contributed by atoms with Crippen molar-refractivity contribution >= 4 is 27.8 Å². The molecule has 29 heavy (non-hydrogen) atoms. The average Bonchev–Trinajstić information content (AvgIpc) is 3.22. The van der Waals surface area contributed by atoms with E-state index in [2.05, 4.69) is 11.1 Å². The number of carbonyl (C=O) groups excluding carboxylic acids is 1. The molecule has 0 N–H and O–H groups in total. The van der Waals surface area contributed by atoms with Gasteiger partial charge in [0.25, 0.3) is 5.91 Å².